The molecule has 2 aromatic carbocycles. The molecule has 0 fully saturated rings. The molecule has 0 spiro atoms. The first-order chi connectivity index (χ1) is 18.4. The molecule has 3 aromatic rings. The summed E-state index contributed by atoms with van der Waals surface area (Å²) in [6, 6.07) is 12.3. The van der Waals surface area contributed by atoms with Crippen molar-refractivity contribution < 1.29 is 23.7 Å². The highest BCUT2D eigenvalue weighted by atomic mass is 32.1. The van der Waals surface area contributed by atoms with Crippen molar-refractivity contribution in [2.24, 2.45) is 4.99 Å². The second-order valence-corrected chi connectivity index (χ2v) is 9.57. The molecule has 1 aliphatic heterocycles. The highest BCUT2D eigenvalue weighted by Crippen LogP contribution is 2.36. The number of benzene rings is 2. The van der Waals surface area contributed by atoms with Gasteiger partial charge in [0.25, 0.3) is 5.56 Å². The summed E-state index contributed by atoms with van der Waals surface area (Å²) in [6.45, 7) is 8.74. The maximum Gasteiger partial charge on any atom is 0.338 e. The Hall–Kier alpha value is -3.85. The van der Waals surface area contributed by atoms with Crippen LogP contribution in [-0.2, 0) is 9.53 Å². The molecule has 0 unspecified atom stereocenters. The van der Waals surface area contributed by atoms with E-state index >= 15 is 0 Å². The Bertz CT molecular complexity index is 1520. The number of nitrogens with zero attached hydrogens (tertiary/aromatic N) is 2. The maximum atomic E-state index is 13.8. The van der Waals surface area contributed by atoms with E-state index in [1.165, 1.54) is 11.3 Å². The molecule has 0 radical (unpaired) electrons. The van der Waals surface area contributed by atoms with E-state index in [1.807, 2.05) is 43.3 Å². The Balaban J connectivity index is 1.87. The molecule has 38 heavy (non-hydrogen) atoms. The smallest absolute Gasteiger partial charge is 0.338 e. The Kier molecular flexibility index (Phi) is 8.68. The Morgan fingerprint density at radius 3 is 2.47 bits per heavy atom. The van der Waals surface area contributed by atoms with Crippen LogP contribution >= 0.6 is 11.3 Å². The number of carbonyl (C=O) groups excluding carboxylic acids is 1. The summed E-state index contributed by atoms with van der Waals surface area (Å²) in [4.78, 5) is 32.1. The summed E-state index contributed by atoms with van der Waals surface area (Å²) >= 11 is 1.28. The third-order valence-corrected chi connectivity index (χ3v) is 6.95. The van der Waals surface area contributed by atoms with Gasteiger partial charge in [-0.05, 0) is 68.7 Å². The van der Waals surface area contributed by atoms with Gasteiger partial charge in [-0.25, -0.2) is 9.79 Å². The summed E-state index contributed by atoms with van der Waals surface area (Å²) in [5, 5.41) is 0. The van der Waals surface area contributed by atoms with Crippen LogP contribution in [0, 0.1) is 0 Å². The predicted molar refractivity (Wildman–Crippen MR) is 147 cm³/mol. The van der Waals surface area contributed by atoms with Crippen molar-refractivity contribution in [3.8, 4) is 17.2 Å². The number of rotatable bonds is 10. The lowest BCUT2D eigenvalue weighted by atomic mass is 9.95. The molecule has 0 amide bonds. The maximum absolute atomic E-state index is 13.8. The van der Waals surface area contributed by atoms with Crippen LogP contribution in [-0.4, -0.2) is 37.5 Å². The molecule has 0 bridgehead atoms. The fourth-order valence-electron chi connectivity index (χ4n) is 4.27. The molecule has 8 nitrogen and oxygen atoms in total. The molecule has 1 aromatic heterocycles. The van der Waals surface area contributed by atoms with Crippen LogP contribution in [0.4, 0.5) is 0 Å². The number of allylic oxidation sites excluding steroid dienone is 1. The van der Waals surface area contributed by atoms with Crippen molar-refractivity contribution in [2.75, 3.05) is 26.9 Å². The number of esters is 1. The van der Waals surface area contributed by atoms with Gasteiger partial charge < -0.3 is 18.9 Å². The standard InChI is InChI=1S/C29H32N2O6S/c1-6-15-37-21-12-9-19(10-13-21)16-24-27(32)31-26(20-11-14-22(34-5)23(17-20)35-7-2)25(28(33)36-8-3)18(4)30-29(31)38-24/h9-14,16-17,26H,6-8,15H2,1-5H3/b24-16-/t26-/m0/s1. The van der Waals surface area contributed by atoms with Gasteiger partial charge in [0.05, 0.1) is 48.8 Å². The topological polar surface area (TPSA) is 88.3 Å². The zero-order valence-corrected chi connectivity index (χ0v) is 23.1. The van der Waals surface area contributed by atoms with Crippen LogP contribution in [0.5, 0.6) is 17.2 Å². The number of aromatic nitrogens is 1. The second kappa shape index (κ2) is 12.1. The van der Waals surface area contributed by atoms with Gasteiger partial charge in [-0.15, -0.1) is 0 Å². The largest absolute Gasteiger partial charge is 0.494 e. The minimum absolute atomic E-state index is 0.206. The average molecular weight is 537 g/mol. The molecule has 0 N–H and O–H groups in total. The van der Waals surface area contributed by atoms with E-state index in [0.29, 0.717) is 50.9 Å². The first-order valence-electron chi connectivity index (χ1n) is 12.6. The minimum atomic E-state index is -0.734. The Morgan fingerprint density at radius 2 is 1.82 bits per heavy atom. The van der Waals surface area contributed by atoms with Crippen LogP contribution in [0.3, 0.4) is 0 Å². The fourth-order valence-corrected chi connectivity index (χ4v) is 5.32. The van der Waals surface area contributed by atoms with Gasteiger partial charge in [0.1, 0.15) is 5.75 Å². The van der Waals surface area contributed by atoms with Crippen LogP contribution < -0.4 is 29.1 Å². The summed E-state index contributed by atoms with van der Waals surface area (Å²) in [5.41, 5.74) is 2.13. The number of carbonyl (C=O) groups is 1. The van der Waals surface area contributed by atoms with Gasteiger partial charge in [-0.2, -0.15) is 0 Å². The van der Waals surface area contributed by atoms with Crippen LogP contribution in [0.1, 0.15) is 51.3 Å². The SMILES string of the molecule is CCCOc1ccc(/C=c2\sc3n(c2=O)[C@@H](c2ccc(OC)c(OCC)c2)C(C(=O)OCC)=C(C)N=3)cc1. The number of hydrogen-bond acceptors (Lipinski definition) is 8. The second-order valence-electron chi connectivity index (χ2n) is 8.56. The van der Waals surface area contributed by atoms with E-state index in [2.05, 4.69) is 11.9 Å². The van der Waals surface area contributed by atoms with E-state index < -0.39 is 12.0 Å². The summed E-state index contributed by atoms with van der Waals surface area (Å²) in [5.74, 6) is 1.36. The molecule has 200 valence electrons. The van der Waals surface area contributed by atoms with Gasteiger partial charge in [0.15, 0.2) is 16.3 Å². The monoisotopic (exact) mass is 536 g/mol. The van der Waals surface area contributed by atoms with Crippen molar-refractivity contribution in [3.63, 3.8) is 0 Å². The minimum Gasteiger partial charge on any atom is -0.494 e. The lowest BCUT2D eigenvalue weighted by Crippen LogP contribution is -2.40. The first-order valence-corrected chi connectivity index (χ1v) is 13.5. The molecule has 0 saturated carbocycles. The van der Waals surface area contributed by atoms with Crippen molar-refractivity contribution in [1.82, 2.24) is 4.57 Å². The van der Waals surface area contributed by atoms with Crippen LogP contribution in [0.15, 0.2) is 63.5 Å². The van der Waals surface area contributed by atoms with Crippen LogP contribution in [0.25, 0.3) is 6.08 Å². The third kappa shape index (κ3) is 5.52. The van der Waals surface area contributed by atoms with E-state index in [1.54, 1.807) is 37.7 Å². The van der Waals surface area contributed by atoms with Crippen molar-refractivity contribution >= 4 is 23.4 Å². The molecular weight excluding hydrogens is 504 g/mol. The molecule has 2 heterocycles. The number of ether oxygens (including phenoxy) is 4. The summed E-state index contributed by atoms with van der Waals surface area (Å²) in [7, 11) is 1.57. The van der Waals surface area contributed by atoms with E-state index in [9.17, 15) is 9.59 Å². The zero-order chi connectivity index (χ0) is 27.2. The van der Waals surface area contributed by atoms with E-state index in [0.717, 1.165) is 17.7 Å². The predicted octanol–water partition coefficient (Wildman–Crippen LogP) is 3.99. The number of methoxy groups -OCH3 is 1. The highest BCUT2D eigenvalue weighted by molar-refractivity contribution is 7.07. The van der Waals surface area contributed by atoms with E-state index in [4.69, 9.17) is 18.9 Å². The molecule has 0 aliphatic carbocycles. The van der Waals surface area contributed by atoms with Gasteiger partial charge in [0, 0.05) is 0 Å². The highest BCUT2D eigenvalue weighted by Gasteiger charge is 2.34. The molecular formula is C29H32N2O6S. The van der Waals surface area contributed by atoms with E-state index in [-0.39, 0.29) is 12.2 Å². The van der Waals surface area contributed by atoms with Crippen molar-refractivity contribution in [3.05, 3.63) is 84.5 Å². The normalized spacial score (nSPS) is 15.1. The van der Waals surface area contributed by atoms with Gasteiger partial charge in [-0.1, -0.05) is 36.5 Å². The van der Waals surface area contributed by atoms with Crippen molar-refractivity contribution in [1.29, 1.82) is 0 Å². The average Bonchev–Trinajstić information content (AvgIpc) is 3.21. The Labute approximate surface area is 225 Å². The lowest BCUT2D eigenvalue weighted by molar-refractivity contribution is -0.139. The molecule has 4 rings (SSSR count). The third-order valence-electron chi connectivity index (χ3n) is 5.97. The number of thiazole rings is 1. The summed E-state index contributed by atoms with van der Waals surface area (Å²) < 4.78 is 24.3. The van der Waals surface area contributed by atoms with Gasteiger partial charge in [0.2, 0.25) is 0 Å². The fraction of sp³-hybridized carbons (Fsp3) is 0.345. The van der Waals surface area contributed by atoms with Crippen LogP contribution in [0.2, 0.25) is 0 Å². The quantitative estimate of drug-likeness (QED) is 0.364. The molecule has 1 atom stereocenters. The molecule has 1 aliphatic rings. The van der Waals surface area contributed by atoms with Gasteiger partial charge in [-0.3, -0.25) is 9.36 Å². The zero-order valence-electron chi connectivity index (χ0n) is 22.3. The summed E-state index contributed by atoms with van der Waals surface area (Å²) in [6.07, 6.45) is 2.76. The molecule has 0 saturated heterocycles. The Morgan fingerprint density at radius 1 is 1.05 bits per heavy atom. The van der Waals surface area contributed by atoms with Gasteiger partial charge >= 0.3 is 5.97 Å². The number of hydrogen-bond donors (Lipinski definition) is 0. The van der Waals surface area contributed by atoms with Crippen molar-refractivity contribution in [2.45, 2.75) is 40.2 Å². The first kappa shape index (κ1) is 27.2. The number of fused-ring (bicyclic) bond motifs is 1. The molecule has 9 heteroatoms. The lowest BCUT2D eigenvalue weighted by Gasteiger charge is -2.25.